The maximum atomic E-state index is 11.3. The highest BCUT2D eigenvalue weighted by Crippen LogP contribution is 2.30. The molecule has 2 amide bonds. The second-order valence-electron chi connectivity index (χ2n) is 4.13. The average Bonchev–Trinajstić information content (AvgIpc) is 2.57. The number of carbonyl (C=O) groups is 1. The van der Waals surface area contributed by atoms with Crippen molar-refractivity contribution in [1.29, 1.82) is 0 Å². The van der Waals surface area contributed by atoms with E-state index in [9.17, 15) is 14.4 Å². The van der Waals surface area contributed by atoms with Gasteiger partial charge in [0.1, 0.15) is 0 Å². The molecule has 1 heterocycles. The van der Waals surface area contributed by atoms with Crippen molar-refractivity contribution in [2.45, 2.75) is 31.7 Å². The minimum Gasteiger partial charge on any atom is -0.403 e. The molecule has 16 heavy (non-hydrogen) atoms. The van der Waals surface area contributed by atoms with Crippen LogP contribution in [0.3, 0.4) is 0 Å². The lowest BCUT2D eigenvalue weighted by molar-refractivity contribution is 0.215. The third-order valence-corrected chi connectivity index (χ3v) is 6.41. The standard InChI is InChI=1S/C9H19BrN2O3Si/c1-2-3-8(16(10,14)15)4-6-12-7-5-11-9(12)13/h8,14-15H,2-7H2,1H3,(H,11,13). The van der Waals surface area contributed by atoms with Gasteiger partial charge in [0.05, 0.1) is 0 Å². The third kappa shape index (κ3) is 4.04. The quantitative estimate of drug-likeness (QED) is 0.504. The molecule has 0 aliphatic carbocycles. The second kappa shape index (κ2) is 5.99. The van der Waals surface area contributed by atoms with Gasteiger partial charge in [0.25, 0.3) is 0 Å². The molecule has 1 saturated heterocycles. The number of nitrogens with one attached hydrogen (secondary N) is 1. The van der Waals surface area contributed by atoms with Gasteiger partial charge in [-0.25, -0.2) is 4.79 Å². The lowest BCUT2D eigenvalue weighted by Crippen LogP contribution is -2.37. The predicted octanol–water partition coefficient (Wildman–Crippen LogP) is 0.890. The molecule has 3 N–H and O–H groups in total. The smallest absolute Gasteiger partial charge is 0.403 e. The van der Waals surface area contributed by atoms with Crippen molar-refractivity contribution >= 4 is 28.5 Å². The molecule has 1 fully saturated rings. The van der Waals surface area contributed by atoms with Crippen molar-refractivity contribution in [2.75, 3.05) is 19.6 Å². The summed E-state index contributed by atoms with van der Waals surface area (Å²) in [6.45, 7) is 4.01. The molecule has 1 aliphatic heterocycles. The Bertz CT molecular complexity index is 247. The molecule has 94 valence electrons. The van der Waals surface area contributed by atoms with E-state index < -0.39 is 7.18 Å². The lowest BCUT2D eigenvalue weighted by Gasteiger charge is -2.24. The van der Waals surface area contributed by atoms with Crippen LogP contribution in [0.4, 0.5) is 4.79 Å². The number of carbonyl (C=O) groups excluding carboxylic acids is 1. The minimum atomic E-state index is -3.25. The summed E-state index contributed by atoms with van der Waals surface area (Å²) < 4.78 is 0. The highest BCUT2D eigenvalue weighted by Gasteiger charge is 2.36. The molecule has 0 radical (unpaired) electrons. The molecule has 0 aromatic heterocycles. The van der Waals surface area contributed by atoms with E-state index in [2.05, 4.69) is 20.6 Å². The van der Waals surface area contributed by atoms with Crippen molar-refractivity contribution in [1.82, 2.24) is 10.2 Å². The monoisotopic (exact) mass is 310 g/mol. The molecule has 7 heteroatoms. The van der Waals surface area contributed by atoms with Crippen LogP contribution in [0.1, 0.15) is 26.2 Å². The van der Waals surface area contributed by atoms with Gasteiger partial charge < -0.3 is 19.8 Å². The molecular formula is C9H19BrN2O3Si. The molecule has 1 aliphatic rings. The summed E-state index contributed by atoms with van der Waals surface area (Å²) in [5.41, 5.74) is -0.120. The Morgan fingerprint density at radius 3 is 2.69 bits per heavy atom. The highest BCUT2D eigenvalue weighted by molar-refractivity contribution is 9.25. The lowest BCUT2D eigenvalue weighted by atomic mass is 10.2. The fourth-order valence-electron chi connectivity index (χ4n) is 1.90. The van der Waals surface area contributed by atoms with Gasteiger partial charge in [-0.3, -0.25) is 0 Å². The van der Waals surface area contributed by atoms with E-state index in [1.165, 1.54) is 0 Å². The van der Waals surface area contributed by atoms with Crippen molar-refractivity contribution < 1.29 is 14.4 Å². The highest BCUT2D eigenvalue weighted by atomic mass is 79.9. The molecule has 0 saturated carbocycles. The number of rotatable bonds is 6. The number of hydrogen-bond donors (Lipinski definition) is 3. The Hall–Kier alpha value is -0.113. The zero-order chi connectivity index (χ0) is 12.2. The second-order valence-corrected chi connectivity index (χ2v) is 9.72. The van der Waals surface area contributed by atoms with E-state index in [1.807, 2.05) is 6.92 Å². The fraction of sp³-hybridized carbons (Fsp3) is 0.889. The van der Waals surface area contributed by atoms with Crippen LogP contribution >= 0.6 is 15.3 Å². The third-order valence-electron chi connectivity index (χ3n) is 2.85. The molecule has 0 aromatic rings. The first-order valence-electron chi connectivity index (χ1n) is 5.61. The van der Waals surface area contributed by atoms with Gasteiger partial charge in [0, 0.05) is 25.2 Å². The normalized spacial score (nSPS) is 18.8. The maximum Gasteiger partial charge on any atom is 0.412 e. The van der Waals surface area contributed by atoms with Gasteiger partial charge >= 0.3 is 13.2 Å². The van der Waals surface area contributed by atoms with Crippen molar-refractivity contribution in [3.63, 3.8) is 0 Å². The molecule has 0 bridgehead atoms. The van der Waals surface area contributed by atoms with Crippen LogP contribution in [0.2, 0.25) is 5.54 Å². The number of amides is 2. The summed E-state index contributed by atoms with van der Waals surface area (Å²) in [7, 11) is -3.25. The first-order valence-corrected chi connectivity index (χ1v) is 9.84. The van der Waals surface area contributed by atoms with Crippen molar-refractivity contribution in [3.8, 4) is 0 Å². The van der Waals surface area contributed by atoms with Gasteiger partial charge in [-0.1, -0.05) is 28.6 Å². The van der Waals surface area contributed by atoms with Crippen molar-refractivity contribution in [2.24, 2.45) is 0 Å². The summed E-state index contributed by atoms with van der Waals surface area (Å²) in [4.78, 5) is 32.3. The Balaban J connectivity index is 2.40. The van der Waals surface area contributed by atoms with Crippen LogP contribution < -0.4 is 5.32 Å². The summed E-state index contributed by atoms with van der Waals surface area (Å²) >= 11 is 3.00. The van der Waals surface area contributed by atoms with E-state index in [0.29, 0.717) is 26.1 Å². The number of hydrogen-bond acceptors (Lipinski definition) is 3. The summed E-state index contributed by atoms with van der Waals surface area (Å²) in [5.74, 6) is 0. The molecule has 1 atom stereocenters. The van der Waals surface area contributed by atoms with Crippen molar-refractivity contribution in [3.05, 3.63) is 0 Å². The largest absolute Gasteiger partial charge is 0.412 e. The molecule has 0 aromatic carbocycles. The minimum absolute atomic E-state index is 0.0482. The van der Waals surface area contributed by atoms with Crippen LogP contribution in [0.5, 0.6) is 0 Å². The number of urea groups is 1. The van der Waals surface area contributed by atoms with Crippen LogP contribution in [0.15, 0.2) is 0 Å². The molecule has 1 unspecified atom stereocenters. The topological polar surface area (TPSA) is 72.8 Å². The Kier molecular flexibility index (Phi) is 5.23. The zero-order valence-corrected chi connectivity index (χ0v) is 12.0. The van der Waals surface area contributed by atoms with Crippen LogP contribution in [0, 0.1) is 0 Å². The number of nitrogens with zero attached hydrogens (tertiary/aromatic N) is 1. The van der Waals surface area contributed by atoms with Crippen LogP contribution in [-0.4, -0.2) is 47.3 Å². The maximum absolute atomic E-state index is 11.3. The molecule has 0 spiro atoms. The van der Waals surface area contributed by atoms with E-state index in [0.717, 1.165) is 12.8 Å². The molecule has 1 rings (SSSR count). The van der Waals surface area contributed by atoms with Gasteiger partial charge in [0.2, 0.25) is 0 Å². The van der Waals surface area contributed by atoms with E-state index >= 15 is 0 Å². The summed E-state index contributed by atoms with van der Waals surface area (Å²) in [6, 6.07) is -0.0482. The fourth-order valence-corrected chi connectivity index (χ4v) is 4.42. The summed E-state index contributed by atoms with van der Waals surface area (Å²) in [5, 5.41) is 2.73. The van der Waals surface area contributed by atoms with E-state index in [4.69, 9.17) is 0 Å². The first kappa shape index (κ1) is 13.9. The van der Waals surface area contributed by atoms with E-state index in [-0.39, 0.29) is 11.6 Å². The van der Waals surface area contributed by atoms with Crippen LogP contribution in [0.25, 0.3) is 0 Å². The van der Waals surface area contributed by atoms with Gasteiger partial charge in [-0.2, -0.15) is 0 Å². The van der Waals surface area contributed by atoms with Crippen LogP contribution in [-0.2, 0) is 0 Å². The van der Waals surface area contributed by atoms with Gasteiger partial charge in [-0.05, 0) is 12.8 Å². The number of halogens is 1. The van der Waals surface area contributed by atoms with Gasteiger partial charge in [0.15, 0.2) is 0 Å². The van der Waals surface area contributed by atoms with E-state index in [1.54, 1.807) is 4.90 Å². The molecular weight excluding hydrogens is 292 g/mol. The van der Waals surface area contributed by atoms with Gasteiger partial charge in [-0.15, -0.1) is 0 Å². The Labute approximate surface area is 105 Å². The average molecular weight is 311 g/mol. The zero-order valence-electron chi connectivity index (χ0n) is 9.45. The first-order chi connectivity index (χ1) is 7.45. The SMILES string of the molecule is CCCC(CCN1CCNC1=O)[Si](O)(O)Br. The summed E-state index contributed by atoms with van der Waals surface area (Å²) in [6.07, 6.45) is 2.34. The predicted molar refractivity (Wildman–Crippen MR) is 67.4 cm³/mol. The molecule has 5 nitrogen and oxygen atoms in total. The Morgan fingerprint density at radius 2 is 2.25 bits per heavy atom. The Morgan fingerprint density at radius 1 is 1.56 bits per heavy atom.